The first-order valence-corrected chi connectivity index (χ1v) is 11.7. The number of hydrogen-bond acceptors (Lipinski definition) is 5. The number of fused-ring (bicyclic) bond motifs is 1. The number of ether oxygens (including phenoxy) is 1. The number of thioether (sulfide) groups is 1. The normalized spacial score (nSPS) is 16.4. The van der Waals surface area contributed by atoms with Crippen LogP contribution in [-0.4, -0.2) is 41.1 Å². The van der Waals surface area contributed by atoms with Crippen molar-refractivity contribution in [3.63, 3.8) is 0 Å². The summed E-state index contributed by atoms with van der Waals surface area (Å²) in [7, 11) is 1.72. The van der Waals surface area contributed by atoms with Crippen molar-refractivity contribution >= 4 is 23.0 Å². The molecule has 0 amide bonds. The van der Waals surface area contributed by atoms with Gasteiger partial charge in [0.2, 0.25) is 0 Å². The molecular formula is C23H28N4OS. The predicted octanol–water partition coefficient (Wildman–Crippen LogP) is 5.06. The quantitative estimate of drug-likeness (QED) is 0.487. The third kappa shape index (κ3) is 3.70. The molecule has 0 N–H and O–H groups in total. The van der Waals surface area contributed by atoms with E-state index in [1.165, 1.54) is 36.9 Å². The maximum absolute atomic E-state index is 5.67. The second-order valence-electron chi connectivity index (χ2n) is 8.38. The molecule has 5 nitrogen and oxygen atoms in total. The van der Waals surface area contributed by atoms with E-state index >= 15 is 0 Å². The maximum atomic E-state index is 5.67. The van der Waals surface area contributed by atoms with E-state index in [4.69, 9.17) is 9.84 Å². The van der Waals surface area contributed by atoms with Crippen LogP contribution in [0, 0.1) is 18.8 Å². The van der Waals surface area contributed by atoms with Crippen molar-refractivity contribution in [2.24, 2.45) is 11.8 Å². The first-order valence-electron chi connectivity index (χ1n) is 10.5. The van der Waals surface area contributed by atoms with Crippen LogP contribution in [0.25, 0.3) is 16.8 Å². The Hall–Kier alpha value is -2.21. The van der Waals surface area contributed by atoms with Gasteiger partial charge in [-0.1, -0.05) is 6.07 Å². The van der Waals surface area contributed by atoms with E-state index in [1.54, 1.807) is 18.9 Å². The highest BCUT2D eigenvalue weighted by Crippen LogP contribution is 2.41. The van der Waals surface area contributed by atoms with E-state index in [0.29, 0.717) is 0 Å². The molecule has 0 unspecified atom stereocenters. The monoisotopic (exact) mass is 408 g/mol. The third-order valence-electron chi connectivity index (χ3n) is 5.96. The molecule has 3 heterocycles. The molecule has 0 aliphatic heterocycles. The number of aromatic nitrogens is 3. The Labute approximate surface area is 176 Å². The van der Waals surface area contributed by atoms with Gasteiger partial charge in [-0.15, -0.1) is 11.8 Å². The Morgan fingerprint density at radius 3 is 2.52 bits per heavy atom. The molecule has 0 atom stereocenters. The van der Waals surface area contributed by atoms with Gasteiger partial charge in [0.05, 0.1) is 29.6 Å². The molecule has 29 heavy (non-hydrogen) atoms. The summed E-state index contributed by atoms with van der Waals surface area (Å²) in [6.07, 6.45) is 9.50. The summed E-state index contributed by atoms with van der Waals surface area (Å²) >= 11 is 1.74. The fraction of sp³-hybridized carbons (Fsp3) is 0.478. The number of nitrogens with zero attached hydrogens (tertiary/aromatic N) is 4. The first kappa shape index (κ1) is 18.8. The standard InChI is InChI=1S/C23H28N4OS/c1-15-11-21(28-2)18(12-24-15)19-5-4-6-20-22(23(29-3)25-27(19)20)26(13-16-7-8-16)14-17-9-10-17/h4-6,11-12,16-17H,7-10,13-14H2,1-3H3. The number of rotatable bonds is 8. The van der Waals surface area contributed by atoms with Crippen LogP contribution in [0.5, 0.6) is 5.75 Å². The van der Waals surface area contributed by atoms with E-state index in [0.717, 1.165) is 52.7 Å². The fourth-order valence-corrected chi connectivity index (χ4v) is 4.64. The number of methoxy groups -OCH3 is 1. The molecule has 152 valence electrons. The van der Waals surface area contributed by atoms with Crippen LogP contribution in [0.3, 0.4) is 0 Å². The van der Waals surface area contributed by atoms with Crippen LogP contribution in [0.1, 0.15) is 31.4 Å². The van der Waals surface area contributed by atoms with Crippen LogP contribution >= 0.6 is 11.8 Å². The zero-order valence-corrected chi connectivity index (χ0v) is 18.2. The molecule has 3 aromatic heterocycles. The minimum Gasteiger partial charge on any atom is -0.496 e. The Kier molecular flexibility index (Phi) is 4.90. The molecular weight excluding hydrogens is 380 g/mol. The summed E-state index contributed by atoms with van der Waals surface area (Å²) in [5.41, 5.74) is 5.42. The maximum Gasteiger partial charge on any atom is 0.142 e. The van der Waals surface area contributed by atoms with Crippen molar-refractivity contribution in [3.8, 4) is 17.0 Å². The molecule has 5 rings (SSSR count). The Morgan fingerprint density at radius 1 is 1.17 bits per heavy atom. The fourth-order valence-electron chi connectivity index (χ4n) is 4.05. The van der Waals surface area contributed by atoms with Gasteiger partial charge in [0.15, 0.2) is 0 Å². The predicted molar refractivity (Wildman–Crippen MR) is 119 cm³/mol. The summed E-state index contributed by atoms with van der Waals surface area (Å²) in [5, 5.41) is 6.15. The minimum atomic E-state index is 0.834. The number of aryl methyl sites for hydroxylation is 1. The van der Waals surface area contributed by atoms with Gasteiger partial charge < -0.3 is 9.64 Å². The molecule has 0 radical (unpaired) electrons. The zero-order valence-electron chi connectivity index (χ0n) is 17.4. The second-order valence-corrected chi connectivity index (χ2v) is 9.18. The first-order chi connectivity index (χ1) is 14.2. The van der Waals surface area contributed by atoms with Crippen molar-refractivity contribution in [2.75, 3.05) is 31.4 Å². The van der Waals surface area contributed by atoms with Gasteiger partial charge in [0, 0.05) is 31.0 Å². The van der Waals surface area contributed by atoms with Crippen molar-refractivity contribution in [1.29, 1.82) is 0 Å². The summed E-state index contributed by atoms with van der Waals surface area (Å²) in [5.74, 6) is 2.53. The molecule has 0 aromatic carbocycles. The topological polar surface area (TPSA) is 42.7 Å². The average molecular weight is 409 g/mol. The highest BCUT2D eigenvalue weighted by atomic mass is 32.2. The van der Waals surface area contributed by atoms with E-state index in [2.05, 4.69) is 38.9 Å². The largest absolute Gasteiger partial charge is 0.496 e. The smallest absolute Gasteiger partial charge is 0.142 e. The SMILES string of the molecule is COc1cc(C)ncc1-c1cccc2c(N(CC3CC3)CC3CC3)c(SC)nn12. The highest BCUT2D eigenvalue weighted by Gasteiger charge is 2.32. The molecule has 3 aromatic rings. The average Bonchev–Trinajstić information content (AvgIpc) is 3.66. The number of pyridine rings is 2. The summed E-state index contributed by atoms with van der Waals surface area (Å²) in [6.45, 7) is 4.30. The Morgan fingerprint density at radius 2 is 1.90 bits per heavy atom. The van der Waals surface area contributed by atoms with Crippen LogP contribution in [0.2, 0.25) is 0 Å². The molecule has 2 aliphatic carbocycles. The molecule has 6 heteroatoms. The van der Waals surface area contributed by atoms with E-state index in [1.807, 2.05) is 19.2 Å². The second kappa shape index (κ2) is 7.56. The van der Waals surface area contributed by atoms with Crippen LogP contribution < -0.4 is 9.64 Å². The lowest BCUT2D eigenvalue weighted by molar-refractivity contribution is 0.415. The Balaban J connectivity index is 1.65. The van der Waals surface area contributed by atoms with Crippen molar-refractivity contribution in [3.05, 3.63) is 36.2 Å². The van der Waals surface area contributed by atoms with E-state index in [-0.39, 0.29) is 0 Å². The zero-order chi connectivity index (χ0) is 20.0. The lowest BCUT2D eigenvalue weighted by Gasteiger charge is -2.25. The molecule has 2 fully saturated rings. The van der Waals surface area contributed by atoms with E-state index < -0.39 is 0 Å². The third-order valence-corrected chi connectivity index (χ3v) is 6.62. The summed E-state index contributed by atoms with van der Waals surface area (Å²) < 4.78 is 7.75. The highest BCUT2D eigenvalue weighted by molar-refractivity contribution is 7.98. The van der Waals surface area contributed by atoms with Crippen molar-refractivity contribution in [2.45, 2.75) is 37.6 Å². The van der Waals surface area contributed by atoms with Gasteiger partial charge in [-0.3, -0.25) is 4.98 Å². The molecule has 0 spiro atoms. The summed E-state index contributed by atoms with van der Waals surface area (Å²) in [4.78, 5) is 7.14. The van der Waals surface area contributed by atoms with Gasteiger partial charge in [0.25, 0.3) is 0 Å². The van der Waals surface area contributed by atoms with Gasteiger partial charge in [0.1, 0.15) is 10.8 Å². The minimum absolute atomic E-state index is 0.834. The van der Waals surface area contributed by atoms with Gasteiger partial charge in [-0.05, 0) is 62.8 Å². The van der Waals surface area contributed by atoms with Gasteiger partial charge >= 0.3 is 0 Å². The lowest BCUT2D eigenvalue weighted by Crippen LogP contribution is -2.28. The van der Waals surface area contributed by atoms with Gasteiger partial charge in [-0.2, -0.15) is 5.10 Å². The van der Waals surface area contributed by atoms with Crippen LogP contribution in [0.4, 0.5) is 5.69 Å². The van der Waals surface area contributed by atoms with Crippen LogP contribution in [0.15, 0.2) is 35.5 Å². The van der Waals surface area contributed by atoms with Crippen molar-refractivity contribution in [1.82, 2.24) is 14.6 Å². The number of hydrogen-bond donors (Lipinski definition) is 0. The molecule has 0 saturated heterocycles. The molecule has 0 bridgehead atoms. The van der Waals surface area contributed by atoms with E-state index in [9.17, 15) is 0 Å². The number of anilines is 1. The van der Waals surface area contributed by atoms with Gasteiger partial charge in [-0.25, -0.2) is 4.52 Å². The lowest BCUT2D eigenvalue weighted by atomic mass is 10.1. The molecule has 2 aliphatic rings. The van der Waals surface area contributed by atoms with Crippen molar-refractivity contribution < 1.29 is 4.74 Å². The molecule has 2 saturated carbocycles. The summed E-state index contributed by atoms with van der Waals surface area (Å²) in [6, 6.07) is 8.42. The van der Waals surface area contributed by atoms with Crippen LogP contribution in [-0.2, 0) is 0 Å². The Bertz CT molecular complexity index is 1020.